The summed E-state index contributed by atoms with van der Waals surface area (Å²) in [4.78, 5) is 4.06. The number of rotatable bonds is 6. The summed E-state index contributed by atoms with van der Waals surface area (Å²) < 4.78 is 0. The molecule has 0 aliphatic rings. The predicted molar refractivity (Wildman–Crippen MR) is 113 cm³/mol. The summed E-state index contributed by atoms with van der Waals surface area (Å²) in [5, 5.41) is 17.6. The number of pyridine rings is 1. The van der Waals surface area contributed by atoms with Crippen LogP contribution in [0.1, 0.15) is 43.6 Å². The van der Waals surface area contributed by atoms with E-state index in [1.165, 1.54) is 0 Å². The molecule has 1 aromatic heterocycles. The molecular weight excluding hydrogens is 334 g/mol. The van der Waals surface area contributed by atoms with Gasteiger partial charge in [0, 0.05) is 17.7 Å². The van der Waals surface area contributed by atoms with Crippen LogP contribution in [0.3, 0.4) is 0 Å². The van der Waals surface area contributed by atoms with Crippen molar-refractivity contribution in [2.24, 2.45) is 0 Å². The lowest BCUT2D eigenvalue weighted by molar-refractivity contribution is 0.322. The molecule has 1 heterocycles. The topological polar surface area (TPSA) is 53.4 Å². The molecule has 0 saturated carbocycles. The first-order valence-electron chi connectivity index (χ1n) is 5.76. The molecule has 0 radical (unpaired) electrons. The fourth-order valence-corrected chi connectivity index (χ4v) is 2.58. The fraction of sp³-hybridized carbons (Fsp3) is 0.688. The molecule has 1 rings (SSSR count). The first-order valence-corrected chi connectivity index (χ1v) is 9.47. The Hall–Kier alpha value is 0.120. The second kappa shape index (κ2) is 37.4. The summed E-state index contributed by atoms with van der Waals surface area (Å²) >= 11 is 1.66. The Labute approximate surface area is 152 Å². The van der Waals surface area contributed by atoms with Gasteiger partial charge in [-0.2, -0.15) is 0 Å². The Morgan fingerprint density at radius 2 is 1.36 bits per heavy atom. The summed E-state index contributed by atoms with van der Waals surface area (Å²) in [7, 11) is 3.17. The molecule has 2 N–H and O–H groups in total. The predicted octanol–water partition coefficient (Wildman–Crippen LogP) is 5.73. The maximum absolute atomic E-state index is 8.27. The lowest BCUT2D eigenvalue weighted by Crippen LogP contribution is -1.85. The first kappa shape index (κ1) is 38.0. The minimum absolute atomic E-state index is 0. The number of aliphatic hydroxyl groups is 2. The number of hydrogen-bond acceptors (Lipinski definition) is 6. The Morgan fingerprint density at radius 3 is 1.59 bits per heavy atom. The average molecular weight is 374 g/mol. The summed E-state index contributed by atoms with van der Waals surface area (Å²) in [6.45, 7) is 4.45. The van der Waals surface area contributed by atoms with E-state index in [0.717, 1.165) is 16.5 Å². The Bertz CT molecular complexity index is 234. The highest BCUT2D eigenvalue weighted by Crippen LogP contribution is 2.18. The van der Waals surface area contributed by atoms with Crippen molar-refractivity contribution in [2.45, 2.75) is 48.6 Å². The molecule has 22 heavy (non-hydrogen) atoms. The maximum atomic E-state index is 8.27. The van der Waals surface area contributed by atoms with Gasteiger partial charge in [-0.25, -0.2) is 4.98 Å². The quantitative estimate of drug-likeness (QED) is 0.377. The van der Waals surface area contributed by atoms with Crippen LogP contribution in [0.15, 0.2) is 29.4 Å². The SMILES string of the molecule is C.C.C.C.CC.CSc1ccccn1.OCCSSCCO. The molecule has 1 aromatic rings. The molecule has 0 aliphatic heterocycles. The van der Waals surface area contributed by atoms with E-state index in [0.29, 0.717) is 0 Å². The molecule has 0 aliphatic carbocycles. The summed E-state index contributed by atoms with van der Waals surface area (Å²) in [6.07, 6.45) is 3.81. The molecule has 6 heteroatoms. The van der Waals surface area contributed by atoms with E-state index in [1.54, 1.807) is 39.5 Å². The standard InChI is InChI=1S/C6H7NS.C4H10O2S2.C2H6.4CH4/c1-8-6-4-2-3-5-7-6;5-1-3-7-8-4-2-6;1-2;;;;/h2-5H,1H3;5-6H,1-4H2;1-2H3;4*1H4. The van der Waals surface area contributed by atoms with Crippen LogP contribution < -0.4 is 0 Å². The molecule has 0 atom stereocenters. The summed E-state index contributed by atoms with van der Waals surface area (Å²) in [6, 6.07) is 5.89. The second-order valence-corrected chi connectivity index (χ2v) is 5.99. The number of aliphatic hydroxyl groups excluding tert-OH is 2. The normalized spacial score (nSPS) is 7.14. The van der Waals surface area contributed by atoms with Gasteiger partial charge in [0.05, 0.1) is 18.2 Å². The largest absolute Gasteiger partial charge is 0.395 e. The lowest BCUT2D eigenvalue weighted by Gasteiger charge is -1.93. The van der Waals surface area contributed by atoms with E-state index in [1.807, 2.05) is 38.3 Å². The van der Waals surface area contributed by atoms with Crippen molar-refractivity contribution < 1.29 is 10.2 Å². The number of hydrogen-bond donors (Lipinski definition) is 2. The summed E-state index contributed by atoms with van der Waals surface area (Å²) in [5.41, 5.74) is 0. The van der Waals surface area contributed by atoms with Gasteiger partial charge in [0.2, 0.25) is 0 Å². The molecule has 0 aromatic carbocycles. The molecule has 0 bridgehead atoms. The van der Waals surface area contributed by atoms with Gasteiger partial charge in [-0.05, 0) is 18.4 Å². The third-order valence-corrected chi connectivity index (χ3v) is 4.30. The van der Waals surface area contributed by atoms with E-state index in [4.69, 9.17) is 10.2 Å². The van der Waals surface area contributed by atoms with Crippen molar-refractivity contribution >= 4 is 33.3 Å². The Morgan fingerprint density at radius 1 is 0.909 bits per heavy atom. The zero-order chi connectivity index (χ0) is 14.1. The van der Waals surface area contributed by atoms with E-state index < -0.39 is 0 Å². The third kappa shape index (κ3) is 32.2. The van der Waals surface area contributed by atoms with Gasteiger partial charge in [0.25, 0.3) is 0 Å². The highest BCUT2D eigenvalue weighted by molar-refractivity contribution is 8.76. The van der Waals surface area contributed by atoms with Crippen LogP contribution in [0.2, 0.25) is 0 Å². The highest BCUT2D eigenvalue weighted by atomic mass is 33.1. The summed E-state index contributed by atoms with van der Waals surface area (Å²) in [5.74, 6) is 1.51. The molecule has 0 amide bonds. The zero-order valence-electron chi connectivity index (χ0n) is 11.2. The molecule has 138 valence electrons. The van der Waals surface area contributed by atoms with Gasteiger partial charge in [-0.1, -0.05) is 71.2 Å². The monoisotopic (exact) mass is 373 g/mol. The Kier molecular flexibility index (Phi) is 64.5. The van der Waals surface area contributed by atoms with Gasteiger partial charge in [0.15, 0.2) is 0 Å². The number of thioether (sulfide) groups is 1. The lowest BCUT2D eigenvalue weighted by atomic mass is 10.5. The Balaban J connectivity index is -0.0000000449. The molecule has 0 unspecified atom stereocenters. The van der Waals surface area contributed by atoms with Crippen LogP contribution in [0, 0.1) is 0 Å². The second-order valence-electron chi connectivity index (χ2n) is 2.46. The van der Waals surface area contributed by atoms with Gasteiger partial charge >= 0.3 is 0 Å². The van der Waals surface area contributed by atoms with Crippen molar-refractivity contribution in [1.82, 2.24) is 4.98 Å². The van der Waals surface area contributed by atoms with E-state index in [2.05, 4.69) is 4.98 Å². The first-order chi connectivity index (χ1) is 8.85. The average Bonchev–Trinajstić information content (AvgIpc) is 2.47. The van der Waals surface area contributed by atoms with Crippen molar-refractivity contribution in [2.75, 3.05) is 31.0 Å². The van der Waals surface area contributed by atoms with Crippen molar-refractivity contribution in [1.29, 1.82) is 0 Å². The molecule has 0 saturated heterocycles. The van der Waals surface area contributed by atoms with Crippen LogP contribution in [0.5, 0.6) is 0 Å². The van der Waals surface area contributed by atoms with Crippen LogP contribution in [0.25, 0.3) is 0 Å². The van der Waals surface area contributed by atoms with Gasteiger partial charge in [0.1, 0.15) is 0 Å². The number of nitrogens with zero attached hydrogens (tertiary/aromatic N) is 1. The third-order valence-electron chi connectivity index (χ3n) is 1.28. The smallest absolute Gasteiger partial charge is 0.0957 e. The highest BCUT2D eigenvalue weighted by Gasteiger charge is 1.85. The van der Waals surface area contributed by atoms with Crippen LogP contribution >= 0.6 is 33.3 Å². The molecule has 0 fully saturated rings. The maximum Gasteiger partial charge on any atom is 0.0957 e. The van der Waals surface area contributed by atoms with Gasteiger partial charge in [-0.3, -0.25) is 0 Å². The molecule has 0 spiro atoms. The fourth-order valence-electron chi connectivity index (χ4n) is 0.660. The van der Waals surface area contributed by atoms with Crippen molar-refractivity contribution in [3.8, 4) is 0 Å². The van der Waals surface area contributed by atoms with E-state index in [9.17, 15) is 0 Å². The van der Waals surface area contributed by atoms with Crippen LogP contribution in [0.4, 0.5) is 0 Å². The van der Waals surface area contributed by atoms with Crippen molar-refractivity contribution in [3.05, 3.63) is 24.4 Å². The van der Waals surface area contributed by atoms with Crippen LogP contribution in [-0.2, 0) is 0 Å². The number of aromatic nitrogens is 1. The van der Waals surface area contributed by atoms with Crippen molar-refractivity contribution in [3.63, 3.8) is 0 Å². The minimum atomic E-state index is 0. The van der Waals surface area contributed by atoms with E-state index in [-0.39, 0.29) is 42.9 Å². The van der Waals surface area contributed by atoms with Gasteiger partial charge in [-0.15, -0.1) is 11.8 Å². The minimum Gasteiger partial charge on any atom is -0.395 e. The van der Waals surface area contributed by atoms with Gasteiger partial charge < -0.3 is 10.2 Å². The van der Waals surface area contributed by atoms with Crippen LogP contribution in [-0.4, -0.2) is 46.2 Å². The molecule has 3 nitrogen and oxygen atoms in total. The molecular formula is C16H39NO2S3. The zero-order valence-corrected chi connectivity index (χ0v) is 13.7. The van der Waals surface area contributed by atoms with E-state index >= 15 is 0 Å².